The molecule has 6 heteroatoms. The lowest BCUT2D eigenvalue weighted by Crippen LogP contribution is -2.33. The second-order valence-electron chi connectivity index (χ2n) is 8.70. The first-order chi connectivity index (χ1) is 13.1. The molecule has 2 heterocycles. The Morgan fingerprint density at radius 1 is 1.19 bits per heavy atom. The average Bonchev–Trinajstić information content (AvgIpc) is 3.33. The van der Waals surface area contributed by atoms with E-state index >= 15 is 0 Å². The van der Waals surface area contributed by atoms with E-state index in [-0.39, 0.29) is 5.91 Å². The highest BCUT2D eigenvalue weighted by atomic mass is 16.2. The topological polar surface area (TPSA) is 71.3 Å². The van der Waals surface area contributed by atoms with Gasteiger partial charge in [0.05, 0.1) is 23.4 Å². The maximum atomic E-state index is 12.4. The number of guanidine groups is 1. The van der Waals surface area contributed by atoms with Gasteiger partial charge >= 0.3 is 0 Å². The predicted molar refractivity (Wildman–Crippen MR) is 104 cm³/mol. The van der Waals surface area contributed by atoms with Gasteiger partial charge in [0.1, 0.15) is 5.70 Å². The van der Waals surface area contributed by atoms with Crippen molar-refractivity contribution < 1.29 is 4.79 Å². The van der Waals surface area contributed by atoms with E-state index in [1.165, 1.54) is 25.7 Å². The summed E-state index contributed by atoms with van der Waals surface area (Å²) in [6, 6.07) is 6.43. The highest BCUT2D eigenvalue weighted by Crippen LogP contribution is 2.59. The molecule has 5 fully saturated rings. The average molecular weight is 361 g/mol. The molecule has 1 aliphatic heterocycles. The number of nitrogens with one attached hydrogen (secondary N) is 2. The van der Waals surface area contributed by atoms with Crippen LogP contribution in [0.2, 0.25) is 0 Å². The molecular weight excluding hydrogens is 338 g/mol. The quantitative estimate of drug-likeness (QED) is 0.807. The molecule has 0 spiro atoms. The Labute approximate surface area is 157 Å². The molecule has 1 saturated heterocycles. The van der Waals surface area contributed by atoms with E-state index < -0.39 is 0 Å². The second kappa shape index (κ2) is 5.44. The van der Waals surface area contributed by atoms with E-state index in [1.807, 2.05) is 35.9 Å². The van der Waals surface area contributed by atoms with Crippen molar-refractivity contribution in [1.29, 1.82) is 0 Å². The summed E-state index contributed by atoms with van der Waals surface area (Å²) < 4.78 is 1.99. The van der Waals surface area contributed by atoms with E-state index in [9.17, 15) is 4.79 Å². The summed E-state index contributed by atoms with van der Waals surface area (Å²) in [6.45, 7) is 0. The Hall–Kier alpha value is -2.63. The monoisotopic (exact) mass is 361 g/mol. The zero-order valence-electron chi connectivity index (χ0n) is 15.4. The SMILES string of the molecule is Cn1cnc2cc(/C=C3\NC(=NC4C5CC6CC(C5)C4C6)NC3=O)ccc21. The van der Waals surface area contributed by atoms with Crippen LogP contribution in [0.3, 0.4) is 0 Å². The number of benzene rings is 1. The lowest BCUT2D eigenvalue weighted by Gasteiger charge is -2.29. The fourth-order valence-corrected chi connectivity index (χ4v) is 6.02. The molecule has 0 radical (unpaired) electrons. The van der Waals surface area contributed by atoms with Gasteiger partial charge in [-0.2, -0.15) is 0 Å². The number of imidazole rings is 1. The number of carbonyl (C=O) groups is 1. The van der Waals surface area contributed by atoms with Gasteiger partial charge < -0.3 is 9.88 Å². The Morgan fingerprint density at radius 2 is 2.07 bits per heavy atom. The zero-order valence-corrected chi connectivity index (χ0v) is 15.4. The third-order valence-electron chi connectivity index (χ3n) is 7.08. The van der Waals surface area contributed by atoms with Crippen molar-refractivity contribution in [3.05, 3.63) is 35.8 Å². The Morgan fingerprint density at radius 3 is 2.96 bits per heavy atom. The molecular formula is C21H23N5O. The van der Waals surface area contributed by atoms with Crippen molar-refractivity contribution in [3.8, 4) is 0 Å². The van der Waals surface area contributed by atoms with Gasteiger partial charge in [0.15, 0.2) is 0 Å². The number of aryl methyl sites for hydroxylation is 1. The number of aromatic nitrogens is 2. The van der Waals surface area contributed by atoms with Crippen LogP contribution in [0, 0.1) is 23.7 Å². The summed E-state index contributed by atoms with van der Waals surface area (Å²) in [5, 5.41) is 6.13. The van der Waals surface area contributed by atoms with Gasteiger partial charge in [0.2, 0.25) is 5.96 Å². The predicted octanol–water partition coefficient (Wildman–Crippen LogP) is 2.42. The highest BCUT2D eigenvalue weighted by molar-refractivity contribution is 6.15. The maximum absolute atomic E-state index is 12.4. The van der Waals surface area contributed by atoms with Crippen molar-refractivity contribution in [2.75, 3.05) is 0 Å². The van der Waals surface area contributed by atoms with Gasteiger partial charge in [-0.15, -0.1) is 0 Å². The summed E-state index contributed by atoms with van der Waals surface area (Å²) in [5.74, 6) is 3.80. The molecule has 27 heavy (non-hydrogen) atoms. The maximum Gasteiger partial charge on any atom is 0.274 e. The lowest BCUT2D eigenvalue weighted by molar-refractivity contribution is -0.115. The molecule has 4 saturated carbocycles. The molecule has 4 bridgehead atoms. The van der Waals surface area contributed by atoms with Gasteiger partial charge in [0.25, 0.3) is 5.91 Å². The third kappa shape index (κ3) is 2.35. The second-order valence-corrected chi connectivity index (χ2v) is 8.70. The summed E-state index contributed by atoms with van der Waals surface area (Å²) in [6.07, 6.45) is 9.08. The number of hydrogen-bond donors (Lipinski definition) is 2. The summed E-state index contributed by atoms with van der Waals surface area (Å²) in [4.78, 5) is 21.7. The normalized spacial score (nSPS) is 36.9. The van der Waals surface area contributed by atoms with E-state index in [1.54, 1.807) is 6.33 Å². The molecule has 1 aromatic carbocycles. The molecule has 138 valence electrons. The summed E-state index contributed by atoms with van der Waals surface area (Å²) in [5.41, 5.74) is 3.52. The van der Waals surface area contributed by atoms with Crippen molar-refractivity contribution in [2.24, 2.45) is 35.7 Å². The number of amides is 1. The number of rotatable bonds is 2. The van der Waals surface area contributed by atoms with Crippen LogP contribution < -0.4 is 10.6 Å². The Kier molecular flexibility index (Phi) is 3.11. The van der Waals surface area contributed by atoms with Gasteiger partial charge in [-0.3, -0.25) is 10.1 Å². The molecule has 5 aliphatic rings. The first-order valence-corrected chi connectivity index (χ1v) is 9.93. The van der Waals surface area contributed by atoms with E-state index in [0.717, 1.165) is 40.3 Å². The van der Waals surface area contributed by atoms with Crippen LogP contribution >= 0.6 is 0 Å². The van der Waals surface area contributed by atoms with E-state index in [4.69, 9.17) is 4.99 Å². The minimum atomic E-state index is -0.109. The lowest BCUT2D eigenvalue weighted by atomic mass is 9.79. The van der Waals surface area contributed by atoms with Crippen LogP contribution in [0.4, 0.5) is 0 Å². The number of aliphatic imine (C=N–C) groups is 1. The van der Waals surface area contributed by atoms with E-state index in [0.29, 0.717) is 17.7 Å². The van der Waals surface area contributed by atoms with Crippen LogP contribution in [0.5, 0.6) is 0 Å². The number of hydrogen-bond acceptors (Lipinski definition) is 3. The first kappa shape index (κ1) is 15.4. The summed E-state index contributed by atoms with van der Waals surface area (Å²) >= 11 is 0. The number of nitrogens with zero attached hydrogens (tertiary/aromatic N) is 3. The molecule has 1 aromatic heterocycles. The molecule has 7 rings (SSSR count). The number of fused-ring (bicyclic) bond motifs is 1. The Bertz CT molecular complexity index is 1010. The van der Waals surface area contributed by atoms with Gasteiger partial charge in [-0.1, -0.05) is 6.07 Å². The highest BCUT2D eigenvalue weighted by Gasteiger charge is 2.54. The molecule has 2 N–H and O–H groups in total. The molecule has 1 amide bonds. The van der Waals surface area contributed by atoms with Gasteiger partial charge in [-0.25, -0.2) is 9.98 Å². The van der Waals surface area contributed by atoms with Crippen molar-refractivity contribution >= 4 is 29.0 Å². The molecule has 5 atom stereocenters. The first-order valence-electron chi connectivity index (χ1n) is 9.93. The standard InChI is InChI=1S/C21H23N5O/c1-26-10-22-16-7-11(2-3-18(16)26)8-17-20(27)25-21(23-17)24-19-14-5-12-4-13(9-14)15(19)6-12/h2-3,7-8,10,12-15,19H,4-6,9H2,1H3,(H2,23,24,25,27)/b17-8-. The largest absolute Gasteiger partial charge is 0.334 e. The van der Waals surface area contributed by atoms with Crippen LogP contribution in [-0.4, -0.2) is 27.5 Å². The smallest absolute Gasteiger partial charge is 0.274 e. The van der Waals surface area contributed by atoms with Crippen LogP contribution in [0.1, 0.15) is 31.2 Å². The van der Waals surface area contributed by atoms with Crippen molar-refractivity contribution in [1.82, 2.24) is 20.2 Å². The molecule has 6 nitrogen and oxygen atoms in total. The van der Waals surface area contributed by atoms with Gasteiger partial charge in [0, 0.05) is 7.05 Å². The summed E-state index contributed by atoms with van der Waals surface area (Å²) in [7, 11) is 1.98. The Balaban J connectivity index is 1.26. The minimum absolute atomic E-state index is 0.109. The van der Waals surface area contributed by atoms with E-state index in [2.05, 4.69) is 15.6 Å². The fraction of sp³-hybridized carbons (Fsp3) is 0.476. The fourth-order valence-electron chi connectivity index (χ4n) is 6.02. The third-order valence-corrected chi connectivity index (χ3v) is 7.08. The van der Waals surface area contributed by atoms with Crippen LogP contribution in [0.15, 0.2) is 35.2 Å². The van der Waals surface area contributed by atoms with Gasteiger partial charge in [-0.05, 0) is 73.1 Å². The van der Waals surface area contributed by atoms with Crippen LogP contribution in [-0.2, 0) is 11.8 Å². The van der Waals surface area contributed by atoms with Crippen molar-refractivity contribution in [3.63, 3.8) is 0 Å². The minimum Gasteiger partial charge on any atom is -0.334 e. The molecule has 5 unspecified atom stereocenters. The molecule has 2 aromatic rings. The van der Waals surface area contributed by atoms with Crippen LogP contribution in [0.25, 0.3) is 17.1 Å². The zero-order chi connectivity index (χ0) is 18.1. The van der Waals surface area contributed by atoms with Crippen molar-refractivity contribution in [2.45, 2.75) is 31.7 Å². The number of carbonyl (C=O) groups excluding carboxylic acids is 1. The molecule has 4 aliphatic carbocycles.